The Bertz CT molecular complexity index is 1280. The summed E-state index contributed by atoms with van der Waals surface area (Å²) in [6, 6.07) is 18.1. The number of non-ortho nitro benzene ring substituents is 1. The van der Waals surface area contributed by atoms with Crippen molar-refractivity contribution >= 4 is 74.6 Å². The second-order valence-corrected chi connectivity index (χ2v) is 9.49. The quantitative estimate of drug-likeness (QED) is 0.137. The predicted octanol–water partition coefficient (Wildman–Crippen LogP) is 6.67. The number of hydrogen-bond acceptors (Lipinski definition) is 6. The largest absolute Gasteiger partial charge is 0.488 e. The van der Waals surface area contributed by atoms with Gasteiger partial charge in [0.2, 0.25) is 0 Å². The standard InChI is InChI=1S/C23H14ClIN2O5S/c24-16-4-8-17(9-5-16)26-22(28)21(33-23(26)29)12-15-3-10-20(19(25)11-15)32-13-14-1-6-18(7-2-14)27(30)31/h1-12H,13H2/b21-12+. The van der Waals surface area contributed by atoms with Crippen molar-refractivity contribution in [3.8, 4) is 5.75 Å². The average Bonchev–Trinajstić information content (AvgIpc) is 3.07. The minimum absolute atomic E-state index is 0.0261. The number of carbonyl (C=O) groups is 2. The Morgan fingerprint density at radius 3 is 2.39 bits per heavy atom. The number of ether oxygens (including phenoxy) is 1. The van der Waals surface area contributed by atoms with E-state index in [1.54, 1.807) is 54.6 Å². The van der Waals surface area contributed by atoms with Crippen LogP contribution in [0.15, 0.2) is 71.6 Å². The number of amides is 2. The number of nitro groups is 1. The number of rotatable bonds is 6. The van der Waals surface area contributed by atoms with Gasteiger partial charge in [0, 0.05) is 17.2 Å². The SMILES string of the molecule is O=C1S/C(=C/c2ccc(OCc3ccc([N+](=O)[O-])cc3)c(I)c2)C(=O)N1c1ccc(Cl)cc1. The number of nitrogens with zero attached hydrogens (tertiary/aromatic N) is 2. The van der Waals surface area contributed by atoms with Gasteiger partial charge in [-0.2, -0.15) is 0 Å². The third-order valence-corrected chi connectivity index (χ3v) is 6.64. The first kappa shape index (κ1) is 23.3. The summed E-state index contributed by atoms with van der Waals surface area (Å²) < 4.78 is 6.65. The van der Waals surface area contributed by atoms with Gasteiger partial charge < -0.3 is 4.74 Å². The lowest BCUT2D eigenvalue weighted by Crippen LogP contribution is -2.27. The number of halogens is 2. The minimum Gasteiger partial charge on any atom is -0.488 e. The van der Waals surface area contributed by atoms with Crippen molar-refractivity contribution in [1.82, 2.24) is 0 Å². The number of carbonyl (C=O) groups excluding carboxylic acids is 2. The summed E-state index contributed by atoms with van der Waals surface area (Å²) in [5.41, 5.74) is 2.05. The summed E-state index contributed by atoms with van der Waals surface area (Å²) >= 11 is 8.90. The molecule has 0 spiro atoms. The van der Waals surface area contributed by atoms with E-state index >= 15 is 0 Å². The van der Waals surface area contributed by atoms with E-state index in [1.165, 1.54) is 12.1 Å². The molecule has 0 bridgehead atoms. The molecule has 1 saturated heterocycles. The molecule has 1 aliphatic heterocycles. The number of anilines is 1. The van der Waals surface area contributed by atoms with Crippen LogP contribution in [0.1, 0.15) is 11.1 Å². The zero-order valence-electron chi connectivity index (χ0n) is 16.7. The van der Waals surface area contributed by atoms with Gasteiger partial charge in [0.15, 0.2) is 0 Å². The van der Waals surface area contributed by atoms with Gasteiger partial charge in [-0.15, -0.1) is 0 Å². The fraction of sp³-hybridized carbons (Fsp3) is 0.0435. The molecule has 1 heterocycles. The van der Waals surface area contributed by atoms with Crippen molar-refractivity contribution in [1.29, 1.82) is 0 Å². The second kappa shape index (κ2) is 9.94. The molecule has 0 atom stereocenters. The van der Waals surface area contributed by atoms with Crippen LogP contribution in [-0.2, 0) is 11.4 Å². The van der Waals surface area contributed by atoms with Crippen molar-refractivity contribution in [3.05, 3.63) is 101 Å². The highest BCUT2D eigenvalue weighted by molar-refractivity contribution is 14.1. The first-order valence-electron chi connectivity index (χ1n) is 9.51. The van der Waals surface area contributed by atoms with Crippen LogP contribution in [0.5, 0.6) is 5.75 Å². The van der Waals surface area contributed by atoms with E-state index in [0.717, 1.165) is 31.4 Å². The monoisotopic (exact) mass is 592 g/mol. The Morgan fingerprint density at radius 2 is 1.76 bits per heavy atom. The van der Waals surface area contributed by atoms with Crippen LogP contribution in [0.2, 0.25) is 5.02 Å². The van der Waals surface area contributed by atoms with Crippen LogP contribution in [-0.4, -0.2) is 16.1 Å². The molecular formula is C23H14ClIN2O5S. The smallest absolute Gasteiger partial charge is 0.298 e. The highest BCUT2D eigenvalue weighted by Gasteiger charge is 2.36. The lowest BCUT2D eigenvalue weighted by molar-refractivity contribution is -0.384. The van der Waals surface area contributed by atoms with Crippen LogP contribution in [0.4, 0.5) is 16.2 Å². The van der Waals surface area contributed by atoms with Crippen molar-refractivity contribution in [2.75, 3.05) is 4.90 Å². The van der Waals surface area contributed by atoms with Crippen LogP contribution in [0.3, 0.4) is 0 Å². The molecule has 0 aromatic heterocycles. The molecule has 10 heteroatoms. The summed E-state index contributed by atoms with van der Waals surface area (Å²) in [5.74, 6) is 0.251. The Morgan fingerprint density at radius 1 is 1.06 bits per heavy atom. The summed E-state index contributed by atoms with van der Waals surface area (Å²) in [6.45, 7) is 0.257. The molecular weight excluding hydrogens is 579 g/mol. The van der Waals surface area contributed by atoms with E-state index in [1.807, 2.05) is 6.07 Å². The maximum absolute atomic E-state index is 12.8. The summed E-state index contributed by atoms with van der Waals surface area (Å²) in [7, 11) is 0. The molecule has 0 N–H and O–H groups in total. The molecule has 2 amide bonds. The molecule has 3 aromatic rings. The van der Waals surface area contributed by atoms with Crippen LogP contribution >= 0.6 is 46.0 Å². The van der Waals surface area contributed by atoms with E-state index in [0.29, 0.717) is 21.4 Å². The van der Waals surface area contributed by atoms with Crippen LogP contribution < -0.4 is 9.64 Å². The Balaban J connectivity index is 1.46. The van der Waals surface area contributed by atoms with Crippen molar-refractivity contribution < 1.29 is 19.2 Å². The summed E-state index contributed by atoms with van der Waals surface area (Å²) in [6.07, 6.45) is 1.67. The molecule has 0 saturated carbocycles. The van der Waals surface area contributed by atoms with Gasteiger partial charge in [-0.1, -0.05) is 17.7 Å². The first-order chi connectivity index (χ1) is 15.8. The number of thioether (sulfide) groups is 1. The summed E-state index contributed by atoms with van der Waals surface area (Å²) in [5, 5.41) is 10.9. The second-order valence-electron chi connectivity index (χ2n) is 6.90. The van der Waals surface area contributed by atoms with E-state index in [2.05, 4.69) is 22.6 Å². The Labute approximate surface area is 211 Å². The van der Waals surface area contributed by atoms with Gasteiger partial charge in [-0.25, -0.2) is 4.90 Å². The molecule has 4 rings (SSSR count). The van der Waals surface area contributed by atoms with Gasteiger partial charge >= 0.3 is 0 Å². The van der Waals surface area contributed by atoms with E-state index in [-0.39, 0.29) is 23.4 Å². The molecule has 0 radical (unpaired) electrons. The van der Waals surface area contributed by atoms with Gasteiger partial charge in [-0.05, 0) is 100 Å². The maximum atomic E-state index is 12.8. The lowest BCUT2D eigenvalue weighted by Gasteiger charge is -2.12. The van der Waals surface area contributed by atoms with Crippen molar-refractivity contribution in [3.63, 3.8) is 0 Å². The predicted molar refractivity (Wildman–Crippen MR) is 136 cm³/mol. The van der Waals surface area contributed by atoms with Gasteiger partial charge in [0.05, 0.1) is 19.1 Å². The van der Waals surface area contributed by atoms with Crippen LogP contribution in [0.25, 0.3) is 6.08 Å². The fourth-order valence-electron chi connectivity index (χ4n) is 3.03. The summed E-state index contributed by atoms with van der Waals surface area (Å²) in [4.78, 5) is 37.0. The first-order valence-corrected chi connectivity index (χ1v) is 11.8. The van der Waals surface area contributed by atoms with Gasteiger partial charge in [0.1, 0.15) is 12.4 Å². The molecule has 7 nitrogen and oxygen atoms in total. The van der Waals surface area contributed by atoms with Gasteiger partial charge in [0.25, 0.3) is 16.8 Å². The number of hydrogen-bond donors (Lipinski definition) is 0. The normalized spacial score (nSPS) is 14.7. The zero-order valence-corrected chi connectivity index (χ0v) is 20.5. The Kier molecular flexibility index (Phi) is 7.01. The molecule has 1 aliphatic rings. The number of nitro benzene ring substituents is 1. The average molecular weight is 593 g/mol. The molecule has 3 aromatic carbocycles. The molecule has 0 unspecified atom stereocenters. The Hall–Kier alpha value is -2.89. The fourth-order valence-corrected chi connectivity index (χ4v) is 4.69. The lowest BCUT2D eigenvalue weighted by atomic mass is 10.2. The highest BCUT2D eigenvalue weighted by atomic mass is 127. The maximum Gasteiger partial charge on any atom is 0.298 e. The molecule has 1 fully saturated rings. The van der Waals surface area contributed by atoms with Crippen molar-refractivity contribution in [2.45, 2.75) is 6.61 Å². The molecule has 166 valence electrons. The van der Waals surface area contributed by atoms with E-state index < -0.39 is 4.92 Å². The number of imide groups is 1. The van der Waals surface area contributed by atoms with Crippen molar-refractivity contribution in [2.24, 2.45) is 0 Å². The highest BCUT2D eigenvalue weighted by Crippen LogP contribution is 2.36. The van der Waals surface area contributed by atoms with Gasteiger partial charge in [-0.3, -0.25) is 19.7 Å². The minimum atomic E-state index is -0.448. The molecule has 0 aliphatic carbocycles. The van der Waals surface area contributed by atoms with E-state index in [9.17, 15) is 19.7 Å². The topological polar surface area (TPSA) is 89.7 Å². The third kappa shape index (κ3) is 5.37. The van der Waals surface area contributed by atoms with Crippen LogP contribution in [0, 0.1) is 13.7 Å². The number of benzene rings is 3. The third-order valence-electron chi connectivity index (χ3n) is 4.67. The zero-order chi connectivity index (χ0) is 23.5. The molecule has 33 heavy (non-hydrogen) atoms. The van der Waals surface area contributed by atoms with E-state index in [4.69, 9.17) is 16.3 Å².